The molecule has 6 aromatic rings. The second-order valence-corrected chi connectivity index (χ2v) is 19.9. The second kappa shape index (κ2) is 19.7. The summed E-state index contributed by atoms with van der Waals surface area (Å²) in [6.45, 7) is 7.83. The molecule has 0 unspecified atom stereocenters. The van der Waals surface area contributed by atoms with E-state index in [-0.39, 0.29) is 34.3 Å². The van der Waals surface area contributed by atoms with Gasteiger partial charge in [0.25, 0.3) is 11.4 Å². The van der Waals surface area contributed by atoms with Crippen molar-refractivity contribution in [3.05, 3.63) is 134 Å². The van der Waals surface area contributed by atoms with Crippen LogP contribution in [0.4, 0.5) is 21.6 Å². The first kappa shape index (κ1) is 45.2. The number of aryl methyl sites for hydroxylation is 1. The quantitative estimate of drug-likeness (QED) is 0.0819. The summed E-state index contributed by atoms with van der Waals surface area (Å²) in [4.78, 5) is 34.2. The molecule has 0 radical (unpaired) electrons. The summed E-state index contributed by atoms with van der Waals surface area (Å²) < 4.78 is 59.9. The van der Waals surface area contributed by atoms with E-state index in [0.717, 1.165) is 57.1 Å². The average Bonchev–Trinajstić information content (AvgIpc) is 4.02. The first-order valence-corrected chi connectivity index (χ1v) is 24.6. The fraction of sp³-hybridized carbons (Fsp3) is 0.286. The number of rotatable bonds is 13. The van der Waals surface area contributed by atoms with E-state index in [1.54, 1.807) is 11.3 Å². The minimum absolute atomic E-state index is 0.0535. The van der Waals surface area contributed by atoms with E-state index in [0.29, 0.717) is 45.9 Å². The second-order valence-electron chi connectivity index (χ2n) is 14.3. The summed E-state index contributed by atoms with van der Waals surface area (Å²) in [5, 5.41) is 27.7. The molecule has 0 bridgehead atoms. The molecule has 330 valence electrons. The topological polar surface area (TPSA) is 203 Å². The molecule has 8 rings (SSSR count). The highest BCUT2D eigenvalue weighted by molar-refractivity contribution is 7.89. The van der Waals surface area contributed by atoms with Crippen molar-refractivity contribution in [2.45, 2.75) is 30.1 Å². The number of non-ortho nitro benzene ring substituents is 2. The Balaban J connectivity index is 0.000000189. The fourth-order valence-electron chi connectivity index (χ4n) is 6.94. The molecule has 0 saturated carbocycles. The lowest BCUT2D eigenvalue weighted by Gasteiger charge is -2.33. The van der Waals surface area contributed by atoms with E-state index in [1.807, 2.05) is 41.9 Å². The monoisotopic (exact) mass is 932 g/mol. The summed E-state index contributed by atoms with van der Waals surface area (Å²) in [7, 11) is -7.58. The van der Waals surface area contributed by atoms with Gasteiger partial charge in [-0.05, 0) is 55.3 Å². The fourth-order valence-corrected chi connectivity index (χ4v) is 11.6. The van der Waals surface area contributed by atoms with Crippen molar-refractivity contribution in [2.24, 2.45) is 0 Å². The van der Waals surface area contributed by atoms with Crippen LogP contribution in [0, 0.1) is 20.2 Å². The zero-order chi connectivity index (χ0) is 44.7. The number of aromatic nitrogens is 2. The van der Waals surface area contributed by atoms with Crippen molar-refractivity contribution in [1.29, 1.82) is 0 Å². The zero-order valence-corrected chi connectivity index (χ0v) is 37.6. The molecular weight excluding hydrogens is 889 g/mol. The summed E-state index contributed by atoms with van der Waals surface area (Å²) >= 11 is 3.06. The first-order chi connectivity index (χ1) is 30.3. The minimum atomic E-state index is -3.80. The third kappa shape index (κ3) is 10.5. The van der Waals surface area contributed by atoms with Gasteiger partial charge in [-0.1, -0.05) is 43.3 Å². The largest absolute Gasteiger partial charge is 0.494 e. The maximum absolute atomic E-state index is 12.9. The molecule has 2 aromatic heterocycles. The van der Waals surface area contributed by atoms with Gasteiger partial charge in [-0.15, -0.1) is 22.7 Å². The first-order valence-electron chi connectivity index (χ1n) is 20.0. The van der Waals surface area contributed by atoms with Crippen LogP contribution in [0.25, 0.3) is 22.5 Å². The Morgan fingerprint density at radius 1 is 0.603 bits per heavy atom. The molecule has 2 saturated heterocycles. The maximum atomic E-state index is 12.9. The highest BCUT2D eigenvalue weighted by atomic mass is 32.2. The average molecular weight is 933 g/mol. The van der Waals surface area contributed by atoms with Gasteiger partial charge in [0.2, 0.25) is 20.0 Å². The molecule has 17 nitrogen and oxygen atoms in total. The van der Waals surface area contributed by atoms with Crippen LogP contribution in [0.5, 0.6) is 5.75 Å². The highest BCUT2D eigenvalue weighted by Gasteiger charge is 2.32. The van der Waals surface area contributed by atoms with Crippen LogP contribution in [-0.2, 0) is 26.5 Å². The summed E-state index contributed by atoms with van der Waals surface area (Å²) in [6, 6.07) is 26.4. The number of piperazine rings is 2. The molecule has 4 aromatic carbocycles. The SMILES string of the molecule is CCOc1ccc(-c2csc(N3CCN(S(=O)(=O)c4cccc([N+](=O)[O-])c4)CC3)n2)cc1.CCc1ccc(-c2csc(N3CCN(S(=O)(=O)c4cccc([N+](=O)[O-])c4)CC3)n2)cc1. The van der Waals surface area contributed by atoms with Gasteiger partial charge < -0.3 is 14.5 Å². The van der Waals surface area contributed by atoms with Gasteiger partial charge in [-0.3, -0.25) is 20.2 Å². The van der Waals surface area contributed by atoms with Crippen molar-refractivity contribution in [3.8, 4) is 28.3 Å². The van der Waals surface area contributed by atoms with Crippen LogP contribution in [0.15, 0.2) is 118 Å². The molecule has 21 heteroatoms. The predicted octanol–water partition coefficient (Wildman–Crippen LogP) is 7.42. The smallest absolute Gasteiger partial charge is 0.270 e. The molecule has 0 atom stereocenters. The lowest BCUT2D eigenvalue weighted by Crippen LogP contribution is -2.48. The Morgan fingerprint density at radius 3 is 1.40 bits per heavy atom. The van der Waals surface area contributed by atoms with E-state index in [9.17, 15) is 37.1 Å². The van der Waals surface area contributed by atoms with Gasteiger partial charge in [-0.2, -0.15) is 8.61 Å². The molecular formula is C42H44N8O9S4. The molecule has 2 aliphatic rings. The van der Waals surface area contributed by atoms with Crippen molar-refractivity contribution in [2.75, 3.05) is 68.8 Å². The molecule has 0 spiro atoms. The van der Waals surface area contributed by atoms with Gasteiger partial charge in [0.15, 0.2) is 10.3 Å². The van der Waals surface area contributed by atoms with E-state index in [1.165, 1.54) is 61.9 Å². The standard InChI is InChI=1S/C21H22N4O5S2.C21H22N4O4S2/c1-2-30-18-8-6-16(7-9-18)20-15-31-21(22-20)23-10-12-24(13-11-23)32(28,29)19-5-3-4-17(14-19)25(26)27;1-2-16-6-8-17(9-7-16)20-15-30-21(22-20)23-10-12-24(13-11-23)31(28,29)19-5-3-4-18(14-19)25(26)27/h3-9,14-15H,2,10-13H2,1H3;3-9,14-15H,2,10-13H2,1H3. The third-order valence-corrected chi connectivity index (χ3v) is 16.0. The van der Waals surface area contributed by atoms with Crippen LogP contribution in [0.1, 0.15) is 19.4 Å². The molecule has 2 aliphatic heterocycles. The summed E-state index contributed by atoms with van der Waals surface area (Å²) in [6.07, 6.45) is 0.992. The van der Waals surface area contributed by atoms with E-state index in [2.05, 4.69) is 41.0 Å². The Morgan fingerprint density at radius 2 is 1.02 bits per heavy atom. The minimum Gasteiger partial charge on any atom is -0.494 e. The molecule has 0 aliphatic carbocycles. The van der Waals surface area contributed by atoms with E-state index in [4.69, 9.17) is 14.7 Å². The number of anilines is 2. The molecule has 2 fully saturated rings. The third-order valence-electron chi connectivity index (χ3n) is 10.5. The van der Waals surface area contributed by atoms with Gasteiger partial charge in [0, 0.05) is 98.5 Å². The zero-order valence-electron chi connectivity index (χ0n) is 34.3. The normalized spacial score (nSPS) is 15.1. The lowest BCUT2D eigenvalue weighted by molar-refractivity contribution is -0.385. The highest BCUT2D eigenvalue weighted by Crippen LogP contribution is 2.32. The van der Waals surface area contributed by atoms with Crippen molar-refractivity contribution in [1.82, 2.24) is 18.6 Å². The molecule has 0 amide bonds. The lowest BCUT2D eigenvalue weighted by atomic mass is 10.1. The van der Waals surface area contributed by atoms with Gasteiger partial charge >= 0.3 is 0 Å². The van der Waals surface area contributed by atoms with Crippen molar-refractivity contribution >= 4 is 64.4 Å². The molecule has 63 heavy (non-hydrogen) atoms. The Kier molecular flexibility index (Phi) is 14.1. The molecule has 4 heterocycles. The number of ether oxygens (including phenoxy) is 1. The van der Waals surface area contributed by atoms with Crippen LogP contribution < -0.4 is 14.5 Å². The number of nitro groups is 2. The van der Waals surface area contributed by atoms with Crippen molar-refractivity contribution in [3.63, 3.8) is 0 Å². The van der Waals surface area contributed by atoms with Gasteiger partial charge in [0.05, 0.1) is 37.6 Å². The number of hydrogen-bond donors (Lipinski definition) is 0. The van der Waals surface area contributed by atoms with Crippen molar-refractivity contribution < 1.29 is 31.4 Å². The maximum Gasteiger partial charge on any atom is 0.270 e. The van der Waals surface area contributed by atoms with E-state index >= 15 is 0 Å². The number of nitrogens with zero attached hydrogens (tertiary/aromatic N) is 8. The number of hydrogen-bond acceptors (Lipinski definition) is 15. The van der Waals surface area contributed by atoms with Gasteiger partial charge in [-0.25, -0.2) is 26.8 Å². The molecule has 0 N–H and O–H groups in total. The van der Waals surface area contributed by atoms with Crippen LogP contribution in [0.3, 0.4) is 0 Å². The Labute approximate surface area is 373 Å². The number of sulfonamides is 2. The summed E-state index contributed by atoms with van der Waals surface area (Å²) in [5.74, 6) is 0.813. The van der Waals surface area contributed by atoms with Crippen LogP contribution in [0.2, 0.25) is 0 Å². The number of nitro benzene ring substituents is 2. The predicted molar refractivity (Wildman–Crippen MR) is 244 cm³/mol. The van der Waals surface area contributed by atoms with Gasteiger partial charge in [0.1, 0.15) is 5.75 Å². The Bertz CT molecular complexity index is 2770. The number of benzene rings is 4. The van der Waals surface area contributed by atoms with E-state index < -0.39 is 29.9 Å². The van der Waals surface area contributed by atoms with Crippen LogP contribution >= 0.6 is 22.7 Å². The summed E-state index contributed by atoms with van der Waals surface area (Å²) in [5.41, 5.74) is 4.63. The number of thiazole rings is 2. The van der Waals surface area contributed by atoms with Crippen LogP contribution in [-0.4, -0.2) is 104 Å². The Hall–Kier alpha value is -5.84.